The summed E-state index contributed by atoms with van der Waals surface area (Å²) >= 11 is 13.4. The molecular formula is C21H21Cl2NO3S. The van der Waals surface area contributed by atoms with Gasteiger partial charge in [-0.3, -0.25) is 4.79 Å². The maximum Gasteiger partial charge on any atom is 0.341 e. The number of anilines is 1. The second-order valence-corrected chi connectivity index (χ2v) is 8.47. The molecule has 1 aromatic carbocycles. The summed E-state index contributed by atoms with van der Waals surface area (Å²) in [6.07, 6.45) is 7.75. The van der Waals surface area contributed by atoms with Crippen molar-refractivity contribution in [1.29, 1.82) is 0 Å². The van der Waals surface area contributed by atoms with Crippen LogP contribution in [0.5, 0.6) is 0 Å². The van der Waals surface area contributed by atoms with Gasteiger partial charge in [0.1, 0.15) is 5.00 Å². The number of thiophene rings is 1. The lowest BCUT2D eigenvalue weighted by Crippen LogP contribution is -2.14. The van der Waals surface area contributed by atoms with E-state index < -0.39 is 0 Å². The number of esters is 1. The molecule has 0 spiro atoms. The number of carbonyl (C=O) groups excluding carboxylic acids is 2. The Balaban J connectivity index is 1.79. The first-order valence-corrected chi connectivity index (χ1v) is 10.8. The third-order valence-corrected chi connectivity index (χ3v) is 6.37. The van der Waals surface area contributed by atoms with Gasteiger partial charge >= 0.3 is 5.97 Å². The molecule has 0 unspecified atom stereocenters. The SMILES string of the molecule is CCCOC(=O)c1c(NC(=O)/C=C/c2ccc(Cl)c(Cl)c2)sc2c1CCCC2. The summed E-state index contributed by atoms with van der Waals surface area (Å²) in [5.74, 6) is -0.667. The van der Waals surface area contributed by atoms with Gasteiger partial charge in [-0.2, -0.15) is 0 Å². The molecule has 1 N–H and O–H groups in total. The van der Waals surface area contributed by atoms with Gasteiger partial charge in [0.05, 0.1) is 22.2 Å². The minimum atomic E-state index is -0.356. The monoisotopic (exact) mass is 437 g/mol. The number of carbonyl (C=O) groups is 2. The van der Waals surface area contributed by atoms with E-state index in [9.17, 15) is 9.59 Å². The predicted octanol–water partition coefficient (Wildman–Crippen LogP) is 6.15. The lowest BCUT2D eigenvalue weighted by molar-refractivity contribution is -0.111. The van der Waals surface area contributed by atoms with Crippen molar-refractivity contribution in [1.82, 2.24) is 0 Å². The minimum Gasteiger partial charge on any atom is -0.462 e. The third-order valence-electron chi connectivity index (χ3n) is 4.42. The van der Waals surface area contributed by atoms with E-state index in [4.69, 9.17) is 27.9 Å². The number of fused-ring (bicyclic) bond motifs is 1. The molecule has 0 saturated heterocycles. The van der Waals surface area contributed by atoms with E-state index in [2.05, 4.69) is 5.32 Å². The van der Waals surface area contributed by atoms with Crippen LogP contribution in [-0.4, -0.2) is 18.5 Å². The molecule has 1 heterocycles. The first kappa shape index (κ1) is 20.9. The van der Waals surface area contributed by atoms with Crippen LogP contribution in [0.1, 0.15) is 52.5 Å². The van der Waals surface area contributed by atoms with E-state index >= 15 is 0 Å². The molecular weight excluding hydrogens is 417 g/mol. The number of hydrogen-bond donors (Lipinski definition) is 1. The highest BCUT2D eigenvalue weighted by atomic mass is 35.5. The van der Waals surface area contributed by atoms with Crippen LogP contribution in [0.15, 0.2) is 24.3 Å². The number of benzene rings is 1. The Hall–Kier alpha value is -1.82. The molecule has 0 radical (unpaired) electrons. The smallest absolute Gasteiger partial charge is 0.341 e. The van der Waals surface area contributed by atoms with E-state index in [1.807, 2.05) is 6.92 Å². The molecule has 1 aromatic heterocycles. The first-order chi connectivity index (χ1) is 13.5. The van der Waals surface area contributed by atoms with E-state index in [-0.39, 0.29) is 11.9 Å². The molecule has 148 valence electrons. The normalized spacial score (nSPS) is 13.4. The number of hydrogen-bond acceptors (Lipinski definition) is 4. The van der Waals surface area contributed by atoms with Crippen molar-refractivity contribution in [3.05, 3.63) is 55.9 Å². The number of aryl methyl sites for hydroxylation is 1. The van der Waals surface area contributed by atoms with Crippen molar-refractivity contribution in [3.8, 4) is 0 Å². The van der Waals surface area contributed by atoms with Crippen molar-refractivity contribution in [2.75, 3.05) is 11.9 Å². The van der Waals surface area contributed by atoms with Crippen molar-refractivity contribution in [2.45, 2.75) is 39.0 Å². The van der Waals surface area contributed by atoms with Gasteiger partial charge in [0.25, 0.3) is 0 Å². The molecule has 0 aliphatic heterocycles. The average molecular weight is 438 g/mol. The lowest BCUT2D eigenvalue weighted by atomic mass is 9.95. The van der Waals surface area contributed by atoms with Gasteiger partial charge in [0.15, 0.2) is 0 Å². The summed E-state index contributed by atoms with van der Waals surface area (Å²) in [7, 11) is 0. The van der Waals surface area contributed by atoms with Crippen molar-refractivity contribution in [3.63, 3.8) is 0 Å². The molecule has 1 aliphatic carbocycles. The average Bonchev–Trinajstić information content (AvgIpc) is 3.04. The summed E-state index contributed by atoms with van der Waals surface area (Å²) in [4.78, 5) is 26.2. The zero-order valence-electron chi connectivity index (χ0n) is 15.5. The fourth-order valence-electron chi connectivity index (χ4n) is 3.08. The van der Waals surface area contributed by atoms with Gasteiger partial charge < -0.3 is 10.1 Å². The van der Waals surface area contributed by atoms with Crippen molar-refractivity contribution in [2.24, 2.45) is 0 Å². The molecule has 2 aromatic rings. The molecule has 3 rings (SSSR count). The Morgan fingerprint density at radius 1 is 1.21 bits per heavy atom. The summed E-state index contributed by atoms with van der Waals surface area (Å²) in [6.45, 7) is 2.32. The number of ether oxygens (including phenoxy) is 1. The Morgan fingerprint density at radius 3 is 2.75 bits per heavy atom. The van der Waals surface area contributed by atoms with Gasteiger partial charge in [0, 0.05) is 11.0 Å². The summed E-state index contributed by atoms with van der Waals surface area (Å²) in [5, 5.41) is 4.31. The summed E-state index contributed by atoms with van der Waals surface area (Å²) in [6, 6.07) is 5.14. The third kappa shape index (κ3) is 4.96. The van der Waals surface area contributed by atoms with Gasteiger partial charge in [-0.25, -0.2) is 4.79 Å². The predicted molar refractivity (Wildman–Crippen MR) is 116 cm³/mol. The Bertz CT molecular complexity index is 921. The van der Waals surface area contributed by atoms with Crippen molar-refractivity contribution >= 4 is 57.5 Å². The topological polar surface area (TPSA) is 55.4 Å². The summed E-state index contributed by atoms with van der Waals surface area (Å²) in [5.41, 5.74) is 2.31. The highest BCUT2D eigenvalue weighted by Gasteiger charge is 2.27. The van der Waals surface area contributed by atoms with Crippen LogP contribution < -0.4 is 5.32 Å². The largest absolute Gasteiger partial charge is 0.462 e. The molecule has 0 fully saturated rings. The quantitative estimate of drug-likeness (QED) is 0.435. The number of halogens is 2. The van der Waals surface area contributed by atoms with Crippen LogP contribution in [0, 0.1) is 0 Å². The maximum atomic E-state index is 12.6. The molecule has 7 heteroatoms. The lowest BCUT2D eigenvalue weighted by Gasteiger charge is -2.12. The van der Waals surface area contributed by atoms with Crippen LogP contribution in [0.2, 0.25) is 10.0 Å². The maximum absolute atomic E-state index is 12.6. The zero-order chi connectivity index (χ0) is 20.1. The second kappa shape index (κ2) is 9.59. The van der Waals surface area contributed by atoms with Crippen LogP contribution in [0.25, 0.3) is 6.08 Å². The number of rotatable bonds is 6. The zero-order valence-corrected chi connectivity index (χ0v) is 17.8. The molecule has 4 nitrogen and oxygen atoms in total. The molecule has 0 bridgehead atoms. The van der Waals surface area contributed by atoms with E-state index in [0.717, 1.165) is 43.2 Å². The molecule has 28 heavy (non-hydrogen) atoms. The van der Waals surface area contributed by atoms with Crippen LogP contribution in [0.4, 0.5) is 5.00 Å². The van der Waals surface area contributed by atoms with Gasteiger partial charge in [-0.05, 0) is 61.4 Å². The van der Waals surface area contributed by atoms with Gasteiger partial charge in [-0.15, -0.1) is 11.3 Å². The summed E-state index contributed by atoms with van der Waals surface area (Å²) < 4.78 is 5.35. The van der Waals surface area contributed by atoms with Crippen LogP contribution in [0.3, 0.4) is 0 Å². The van der Waals surface area contributed by atoms with E-state index in [1.54, 1.807) is 24.3 Å². The minimum absolute atomic E-state index is 0.311. The van der Waals surface area contributed by atoms with Gasteiger partial charge in [0.2, 0.25) is 5.91 Å². The Morgan fingerprint density at radius 2 is 2.00 bits per heavy atom. The first-order valence-electron chi connectivity index (χ1n) is 9.25. The fraction of sp³-hybridized carbons (Fsp3) is 0.333. The molecule has 0 atom stereocenters. The number of nitrogens with one attached hydrogen (secondary N) is 1. The highest BCUT2D eigenvalue weighted by Crippen LogP contribution is 2.38. The van der Waals surface area contributed by atoms with Gasteiger partial charge in [-0.1, -0.05) is 36.2 Å². The van der Waals surface area contributed by atoms with E-state index in [1.165, 1.54) is 22.3 Å². The molecule has 0 saturated carbocycles. The second-order valence-electron chi connectivity index (χ2n) is 6.55. The fourth-order valence-corrected chi connectivity index (χ4v) is 4.67. The highest BCUT2D eigenvalue weighted by molar-refractivity contribution is 7.17. The molecule has 1 amide bonds. The van der Waals surface area contributed by atoms with Crippen LogP contribution in [-0.2, 0) is 22.4 Å². The van der Waals surface area contributed by atoms with Crippen molar-refractivity contribution < 1.29 is 14.3 Å². The van der Waals surface area contributed by atoms with E-state index in [0.29, 0.717) is 27.2 Å². The van der Waals surface area contributed by atoms with Crippen LogP contribution >= 0.6 is 34.5 Å². The Labute approximate surface area is 178 Å². The Kier molecular flexibility index (Phi) is 7.16. The molecule has 1 aliphatic rings. The number of amides is 1. The standard InChI is InChI=1S/C21H21Cl2NO3S/c1-2-11-27-21(26)19-14-5-3-4-6-17(14)28-20(19)24-18(25)10-8-13-7-9-15(22)16(23)12-13/h7-10,12H,2-6,11H2,1H3,(H,24,25)/b10-8+.